The second kappa shape index (κ2) is 3.90. The Morgan fingerprint density at radius 2 is 2.08 bits per heavy atom. The van der Waals surface area contributed by atoms with Crippen LogP contribution in [0.25, 0.3) is 11.3 Å². The lowest BCUT2D eigenvalue weighted by molar-refractivity contribution is 1.39. The minimum Gasteiger partial charge on any atom is -0.245 e. The van der Waals surface area contributed by atoms with E-state index in [0.29, 0.717) is 0 Å². The molecule has 0 spiro atoms. The van der Waals surface area contributed by atoms with Gasteiger partial charge in [0.25, 0.3) is 0 Å². The molecular formula is C9H5Br2NS. The van der Waals surface area contributed by atoms with Crippen molar-refractivity contribution < 1.29 is 0 Å². The minimum absolute atomic E-state index is 1.01. The Bertz CT molecular complexity index is 412. The molecule has 0 aliphatic rings. The van der Waals surface area contributed by atoms with Crippen LogP contribution in [0.2, 0.25) is 0 Å². The van der Waals surface area contributed by atoms with Crippen LogP contribution < -0.4 is 0 Å². The maximum absolute atomic E-state index is 4.26. The Morgan fingerprint density at radius 3 is 2.77 bits per heavy atom. The zero-order chi connectivity index (χ0) is 9.26. The lowest BCUT2D eigenvalue weighted by atomic mass is 10.2. The first-order chi connectivity index (χ1) is 6.29. The molecule has 0 N–H and O–H groups in total. The maximum Gasteiger partial charge on any atom is 0.0822 e. The third-order valence-corrected chi connectivity index (χ3v) is 4.29. The third kappa shape index (κ3) is 1.85. The SMILES string of the molecule is Brc1cccc(-c2cscn2)c1Br. The van der Waals surface area contributed by atoms with Crippen molar-refractivity contribution in [2.24, 2.45) is 0 Å². The normalized spacial score (nSPS) is 10.3. The van der Waals surface area contributed by atoms with Crippen molar-refractivity contribution in [3.8, 4) is 11.3 Å². The first-order valence-corrected chi connectivity index (χ1v) is 6.14. The summed E-state index contributed by atoms with van der Waals surface area (Å²) in [5.74, 6) is 0. The molecule has 0 bridgehead atoms. The monoisotopic (exact) mass is 317 g/mol. The molecule has 0 atom stereocenters. The molecule has 1 heterocycles. The number of hydrogen-bond donors (Lipinski definition) is 0. The zero-order valence-corrected chi connectivity index (χ0v) is 10.5. The van der Waals surface area contributed by atoms with Crippen molar-refractivity contribution in [3.05, 3.63) is 38.0 Å². The molecule has 0 saturated heterocycles. The summed E-state index contributed by atoms with van der Waals surface area (Å²) in [6.45, 7) is 0. The molecule has 0 aliphatic heterocycles. The highest BCUT2D eigenvalue weighted by molar-refractivity contribution is 9.13. The average molecular weight is 319 g/mol. The topological polar surface area (TPSA) is 12.9 Å². The first kappa shape index (κ1) is 9.37. The number of nitrogens with zero attached hydrogens (tertiary/aromatic N) is 1. The molecule has 1 aromatic carbocycles. The highest BCUT2D eigenvalue weighted by Gasteiger charge is 2.06. The molecule has 0 amide bonds. The first-order valence-electron chi connectivity index (χ1n) is 3.61. The van der Waals surface area contributed by atoms with E-state index in [9.17, 15) is 0 Å². The fourth-order valence-electron chi connectivity index (χ4n) is 1.05. The van der Waals surface area contributed by atoms with Crippen LogP contribution >= 0.6 is 43.2 Å². The van der Waals surface area contributed by atoms with E-state index in [1.807, 2.05) is 29.1 Å². The van der Waals surface area contributed by atoms with Gasteiger partial charge in [-0.1, -0.05) is 12.1 Å². The van der Waals surface area contributed by atoms with Crippen molar-refractivity contribution >= 4 is 43.2 Å². The van der Waals surface area contributed by atoms with Crippen molar-refractivity contribution in [2.45, 2.75) is 0 Å². The predicted molar refractivity (Wildman–Crippen MR) is 63.0 cm³/mol. The van der Waals surface area contributed by atoms with Gasteiger partial charge in [0.15, 0.2) is 0 Å². The van der Waals surface area contributed by atoms with Gasteiger partial charge in [-0.15, -0.1) is 11.3 Å². The Kier molecular flexibility index (Phi) is 2.81. The van der Waals surface area contributed by atoms with E-state index < -0.39 is 0 Å². The predicted octanol–water partition coefficient (Wildman–Crippen LogP) is 4.34. The third-order valence-electron chi connectivity index (χ3n) is 1.66. The van der Waals surface area contributed by atoms with Crippen LogP contribution in [0.3, 0.4) is 0 Å². The molecule has 1 nitrogen and oxygen atoms in total. The van der Waals surface area contributed by atoms with Crippen LogP contribution in [0, 0.1) is 0 Å². The molecule has 2 aromatic rings. The number of rotatable bonds is 1. The Labute approximate surface area is 97.1 Å². The van der Waals surface area contributed by atoms with Gasteiger partial charge in [0, 0.05) is 19.9 Å². The van der Waals surface area contributed by atoms with E-state index in [4.69, 9.17) is 0 Å². The molecule has 66 valence electrons. The van der Waals surface area contributed by atoms with Crippen molar-refractivity contribution in [1.29, 1.82) is 0 Å². The molecule has 0 saturated carbocycles. The molecule has 0 fully saturated rings. The van der Waals surface area contributed by atoms with Gasteiger partial charge in [0.05, 0.1) is 11.2 Å². The Hall–Kier alpha value is -0.190. The largest absolute Gasteiger partial charge is 0.245 e. The van der Waals surface area contributed by atoms with Gasteiger partial charge in [-0.25, -0.2) is 4.98 Å². The minimum atomic E-state index is 1.01. The van der Waals surface area contributed by atoms with E-state index in [0.717, 1.165) is 20.2 Å². The fourth-order valence-corrected chi connectivity index (χ4v) is 2.43. The molecule has 1 aromatic heterocycles. The lowest BCUT2D eigenvalue weighted by Gasteiger charge is -2.01. The summed E-state index contributed by atoms with van der Waals surface area (Å²) in [7, 11) is 0. The van der Waals surface area contributed by atoms with Crippen LogP contribution in [-0.2, 0) is 0 Å². The molecular weight excluding hydrogens is 314 g/mol. The summed E-state index contributed by atoms with van der Waals surface area (Å²) in [5, 5.41) is 2.03. The zero-order valence-electron chi connectivity index (χ0n) is 6.50. The van der Waals surface area contributed by atoms with Gasteiger partial charge < -0.3 is 0 Å². The van der Waals surface area contributed by atoms with Gasteiger partial charge in [-0.2, -0.15) is 0 Å². The molecule has 4 heteroatoms. The standard InChI is InChI=1S/C9H5Br2NS/c10-7-3-1-2-6(9(7)11)8-4-13-5-12-8/h1-5H. The van der Waals surface area contributed by atoms with Crippen molar-refractivity contribution in [2.75, 3.05) is 0 Å². The second-order valence-corrected chi connectivity index (χ2v) is 4.84. The highest BCUT2D eigenvalue weighted by Crippen LogP contribution is 2.33. The van der Waals surface area contributed by atoms with E-state index in [-0.39, 0.29) is 0 Å². The average Bonchev–Trinajstić information content (AvgIpc) is 2.62. The summed E-state index contributed by atoms with van der Waals surface area (Å²) < 4.78 is 2.11. The molecule has 0 radical (unpaired) electrons. The maximum atomic E-state index is 4.26. The van der Waals surface area contributed by atoms with E-state index in [1.165, 1.54) is 0 Å². The summed E-state index contributed by atoms with van der Waals surface area (Å²) in [6.07, 6.45) is 0. The Morgan fingerprint density at radius 1 is 1.23 bits per heavy atom. The van der Waals surface area contributed by atoms with Gasteiger partial charge in [0.2, 0.25) is 0 Å². The highest BCUT2D eigenvalue weighted by atomic mass is 79.9. The lowest BCUT2D eigenvalue weighted by Crippen LogP contribution is -1.79. The van der Waals surface area contributed by atoms with Crippen LogP contribution in [0.4, 0.5) is 0 Å². The summed E-state index contributed by atoms with van der Waals surface area (Å²) >= 11 is 8.58. The number of aromatic nitrogens is 1. The van der Waals surface area contributed by atoms with Crippen molar-refractivity contribution in [3.63, 3.8) is 0 Å². The number of thiazole rings is 1. The Balaban J connectivity index is 2.59. The van der Waals surface area contributed by atoms with Crippen LogP contribution in [0.5, 0.6) is 0 Å². The van der Waals surface area contributed by atoms with Crippen LogP contribution in [-0.4, -0.2) is 4.98 Å². The molecule has 13 heavy (non-hydrogen) atoms. The quantitative estimate of drug-likeness (QED) is 0.762. The summed E-state index contributed by atoms with van der Waals surface area (Å²) in [6, 6.07) is 6.05. The van der Waals surface area contributed by atoms with Gasteiger partial charge >= 0.3 is 0 Å². The van der Waals surface area contributed by atoms with Gasteiger partial charge in [0.1, 0.15) is 0 Å². The number of hydrogen-bond acceptors (Lipinski definition) is 2. The van der Waals surface area contributed by atoms with Crippen LogP contribution in [0.15, 0.2) is 38.0 Å². The van der Waals surface area contributed by atoms with E-state index in [2.05, 4.69) is 36.8 Å². The second-order valence-electron chi connectivity index (χ2n) is 2.48. The number of halogens is 2. The van der Waals surface area contributed by atoms with Gasteiger partial charge in [-0.05, 0) is 37.9 Å². The van der Waals surface area contributed by atoms with Crippen LogP contribution in [0.1, 0.15) is 0 Å². The van der Waals surface area contributed by atoms with E-state index >= 15 is 0 Å². The fraction of sp³-hybridized carbons (Fsp3) is 0. The molecule has 0 unspecified atom stereocenters. The number of benzene rings is 1. The van der Waals surface area contributed by atoms with Gasteiger partial charge in [-0.3, -0.25) is 0 Å². The molecule has 0 aliphatic carbocycles. The smallest absolute Gasteiger partial charge is 0.0822 e. The summed E-state index contributed by atoms with van der Waals surface area (Å²) in [5.41, 5.74) is 3.97. The van der Waals surface area contributed by atoms with Crippen molar-refractivity contribution in [1.82, 2.24) is 4.98 Å². The molecule has 2 rings (SSSR count). The van der Waals surface area contributed by atoms with E-state index in [1.54, 1.807) is 11.3 Å². The summed E-state index contributed by atoms with van der Waals surface area (Å²) in [4.78, 5) is 4.26.